The molecule has 2 rings (SSSR count). The first-order valence-electron chi connectivity index (χ1n) is 7.38. The van der Waals surface area contributed by atoms with Crippen molar-refractivity contribution in [1.82, 2.24) is 4.98 Å². The SMILES string of the molecule is CC1CCC(C(C)C)C(OCc2cc(N)ccn2)C1. The summed E-state index contributed by atoms with van der Waals surface area (Å²) >= 11 is 0. The number of nitrogens with two attached hydrogens (primary N) is 1. The molecule has 0 saturated heterocycles. The second-order valence-electron chi connectivity index (χ2n) is 6.26. The molecule has 0 amide bonds. The smallest absolute Gasteiger partial charge is 0.0892 e. The molecule has 1 aliphatic rings. The lowest BCUT2D eigenvalue weighted by Crippen LogP contribution is -2.34. The van der Waals surface area contributed by atoms with Gasteiger partial charge >= 0.3 is 0 Å². The van der Waals surface area contributed by atoms with Gasteiger partial charge in [0, 0.05) is 11.9 Å². The summed E-state index contributed by atoms with van der Waals surface area (Å²) in [4.78, 5) is 4.31. The van der Waals surface area contributed by atoms with E-state index in [1.54, 1.807) is 6.20 Å². The van der Waals surface area contributed by atoms with Crippen LogP contribution in [-0.2, 0) is 11.3 Å². The highest BCUT2D eigenvalue weighted by Crippen LogP contribution is 2.35. The van der Waals surface area contributed by atoms with Crippen molar-refractivity contribution >= 4 is 5.69 Å². The lowest BCUT2D eigenvalue weighted by molar-refractivity contribution is -0.0483. The van der Waals surface area contributed by atoms with Crippen molar-refractivity contribution in [1.29, 1.82) is 0 Å². The summed E-state index contributed by atoms with van der Waals surface area (Å²) in [5.41, 5.74) is 7.46. The number of hydrogen-bond acceptors (Lipinski definition) is 3. The molecule has 3 heteroatoms. The number of aromatic nitrogens is 1. The molecular weight excluding hydrogens is 236 g/mol. The molecular formula is C16H26N2O. The summed E-state index contributed by atoms with van der Waals surface area (Å²) in [6.45, 7) is 7.50. The van der Waals surface area contributed by atoms with Gasteiger partial charge in [-0.1, -0.05) is 27.2 Å². The van der Waals surface area contributed by atoms with Gasteiger partial charge in [-0.25, -0.2) is 0 Å². The monoisotopic (exact) mass is 262 g/mol. The fourth-order valence-corrected chi connectivity index (χ4v) is 3.07. The molecule has 1 aliphatic carbocycles. The van der Waals surface area contributed by atoms with Crippen LogP contribution in [0.15, 0.2) is 18.3 Å². The lowest BCUT2D eigenvalue weighted by atomic mass is 9.75. The molecule has 19 heavy (non-hydrogen) atoms. The summed E-state index contributed by atoms with van der Waals surface area (Å²) in [6.07, 6.45) is 5.90. The van der Waals surface area contributed by atoms with E-state index in [1.165, 1.54) is 19.3 Å². The molecule has 3 atom stereocenters. The molecule has 3 nitrogen and oxygen atoms in total. The molecule has 0 aromatic carbocycles. The van der Waals surface area contributed by atoms with Gasteiger partial charge < -0.3 is 10.5 Å². The Morgan fingerprint density at radius 3 is 2.89 bits per heavy atom. The largest absolute Gasteiger partial charge is 0.399 e. The normalized spacial score (nSPS) is 27.7. The van der Waals surface area contributed by atoms with Gasteiger partial charge in [0.15, 0.2) is 0 Å². The van der Waals surface area contributed by atoms with Crippen molar-refractivity contribution in [2.24, 2.45) is 17.8 Å². The van der Waals surface area contributed by atoms with Gasteiger partial charge in [0.05, 0.1) is 18.4 Å². The van der Waals surface area contributed by atoms with Crippen LogP contribution in [0.5, 0.6) is 0 Å². The molecule has 2 N–H and O–H groups in total. The van der Waals surface area contributed by atoms with Crippen molar-refractivity contribution in [3.8, 4) is 0 Å². The van der Waals surface area contributed by atoms with Crippen molar-refractivity contribution < 1.29 is 4.74 Å². The molecule has 3 unspecified atom stereocenters. The van der Waals surface area contributed by atoms with E-state index in [0.717, 1.165) is 17.3 Å². The van der Waals surface area contributed by atoms with E-state index in [1.807, 2.05) is 12.1 Å². The maximum absolute atomic E-state index is 6.15. The molecule has 1 fully saturated rings. The van der Waals surface area contributed by atoms with Crippen LogP contribution >= 0.6 is 0 Å². The molecule has 1 saturated carbocycles. The quantitative estimate of drug-likeness (QED) is 0.901. The van der Waals surface area contributed by atoms with E-state index in [2.05, 4.69) is 25.8 Å². The standard InChI is InChI=1S/C16H26N2O/c1-11(2)15-5-4-12(3)8-16(15)19-10-14-9-13(17)6-7-18-14/h6-7,9,11-12,15-16H,4-5,8,10H2,1-3H3,(H2,17,18). The van der Waals surface area contributed by atoms with Crippen molar-refractivity contribution in [3.63, 3.8) is 0 Å². The Bertz CT molecular complexity index is 405. The van der Waals surface area contributed by atoms with E-state index >= 15 is 0 Å². The van der Waals surface area contributed by atoms with E-state index < -0.39 is 0 Å². The van der Waals surface area contributed by atoms with Crippen molar-refractivity contribution in [2.75, 3.05) is 5.73 Å². The number of pyridine rings is 1. The van der Waals surface area contributed by atoms with Crippen molar-refractivity contribution in [2.45, 2.75) is 52.7 Å². The first-order chi connectivity index (χ1) is 9.06. The summed E-state index contributed by atoms with van der Waals surface area (Å²) in [6, 6.07) is 3.71. The van der Waals surface area contributed by atoms with E-state index in [-0.39, 0.29) is 0 Å². The van der Waals surface area contributed by atoms with E-state index in [9.17, 15) is 0 Å². The fourth-order valence-electron chi connectivity index (χ4n) is 3.07. The second kappa shape index (κ2) is 6.38. The third-order valence-electron chi connectivity index (χ3n) is 4.25. The van der Waals surface area contributed by atoms with Gasteiger partial charge in [-0.3, -0.25) is 4.98 Å². The zero-order valence-corrected chi connectivity index (χ0v) is 12.3. The molecule has 1 heterocycles. The number of rotatable bonds is 4. The van der Waals surface area contributed by atoms with Crippen LogP contribution in [0.2, 0.25) is 0 Å². The van der Waals surface area contributed by atoms with Crippen LogP contribution in [0.3, 0.4) is 0 Å². The molecule has 0 radical (unpaired) electrons. The third-order valence-corrected chi connectivity index (χ3v) is 4.25. The summed E-state index contributed by atoms with van der Waals surface area (Å²) in [5.74, 6) is 2.14. The number of hydrogen-bond donors (Lipinski definition) is 1. The Morgan fingerprint density at radius 2 is 2.21 bits per heavy atom. The van der Waals surface area contributed by atoms with Gasteiger partial charge in [0.25, 0.3) is 0 Å². The van der Waals surface area contributed by atoms with Crippen LogP contribution in [0.1, 0.15) is 45.7 Å². The van der Waals surface area contributed by atoms with Crippen LogP contribution in [0.4, 0.5) is 5.69 Å². The zero-order chi connectivity index (χ0) is 13.8. The van der Waals surface area contributed by atoms with Gasteiger partial charge in [-0.2, -0.15) is 0 Å². The minimum Gasteiger partial charge on any atom is -0.399 e. The molecule has 106 valence electrons. The zero-order valence-electron chi connectivity index (χ0n) is 12.3. The third kappa shape index (κ3) is 3.93. The average molecular weight is 262 g/mol. The highest BCUT2D eigenvalue weighted by Gasteiger charge is 2.31. The molecule has 0 bridgehead atoms. The minimum absolute atomic E-state index is 0.368. The Kier molecular flexibility index (Phi) is 4.81. The first kappa shape index (κ1) is 14.3. The number of nitrogens with zero attached hydrogens (tertiary/aromatic N) is 1. The average Bonchev–Trinajstić information content (AvgIpc) is 2.36. The van der Waals surface area contributed by atoms with Crippen LogP contribution in [0, 0.1) is 17.8 Å². The van der Waals surface area contributed by atoms with E-state index in [0.29, 0.717) is 24.5 Å². The molecule has 0 aliphatic heterocycles. The van der Waals surface area contributed by atoms with Crippen LogP contribution in [-0.4, -0.2) is 11.1 Å². The van der Waals surface area contributed by atoms with Gasteiger partial charge in [-0.05, 0) is 42.7 Å². The molecule has 1 aromatic rings. The van der Waals surface area contributed by atoms with E-state index in [4.69, 9.17) is 10.5 Å². The molecule has 1 aromatic heterocycles. The van der Waals surface area contributed by atoms with Gasteiger partial charge in [0.2, 0.25) is 0 Å². The van der Waals surface area contributed by atoms with Crippen LogP contribution < -0.4 is 5.73 Å². The van der Waals surface area contributed by atoms with Crippen molar-refractivity contribution in [3.05, 3.63) is 24.0 Å². The number of ether oxygens (including phenoxy) is 1. The highest BCUT2D eigenvalue weighted by atomic mass is 16.5. The summed E-state index contributed by atoms with van der Waals surface area (Å²) < 4.78 is 6.15. The number of nitrogen functional groups attached to an aromatic ring is 1. The first-order valence-corrected chi connectivity index (χ1v) is 7.38. The maximum Gasteiger partial charge on any atom is 0.0892 e. The minimum atomic E-state index is 0.368. The predicted molar refractivity (Wildman–Crippen MR) is 78.6 cm³/mol. The van der Waals surface area contributed by atoms with Crippen LogP contribution in [0.25, 0.3) is 0 Å². The summed E-state index contributed by atoms with van der Waals surface area (Å²) in [5, 5.41) is 0. The summed E-state index contributed by atoms with van der Waals surface area (Å²) in [7, 11) is 0. The highest BCUT2D eigenvalue weighted by molar-refractivity contribution is 5.36. The molecule has 0 spiro atoms. The van der Waals surface area contributed by atoms with Gasteiger partial charge in [0.1, 0.15) is 0 Å². The Hall–Kier alpha value is -1.09. The van der Waals surface area contributed by atoms with Gasteiger partial charge in [-0.15, -0.1) is 0 Å². The predicted octanol–water partition coefficient (Wildman–Crippen LogP) is 3.64. The Labute approximate surface area is 116 Å². The fraction of sp³-hybridized carbons (Fsp3) is 0.688. The number of anilines is 1. The Balaban J connectivity index is 1.95. The topological polar surface area (TPSA) is 48.1 Å². The Morgan fingerprint density at radius 1 is 1.42 bits per heavy atom. The maximum atomic E-state index is 6.15. The second-order valence-corrected chi connectivity index (χ2v) is 6.26. The lowest BCUT2D eigenvalue weighted by Gasteiger charge is -2.37.